The van der Waals surface area contributed by atoms with Crippen molar-refractivity contribution in [1.82, 2.24) is 0 Å². The predicted molar refractivity (Wildman–Crippen MR) is 51.1 cm³/mol. The maximum absolute atomic E-state index is 13.3. The van der Waals surface area contributed by atoms with Gasteiger partial charge in [0.15, 0.2) is 0 Å². The van der Waals surface area contributed by atoms with Crippen LogP contribution in [0.5, 0.6) is 0 Å². The van der Waals surface area contributed by atoms with E-state index in [1.807, 2.05) is 0 Å². The van der Waals surface area contributed by atoms with Crippen LogP contribution in [-0.4, -0.2) is 36.7 Å². The Hall–Kier alpha value is -0.635. The van der Waals surface area contributed by atoms with E-state index < -0.39 is 29.9 Å². The van der Waals surface area contributed by atoms with E-state index in [-0.39, 0.29) is 6.42 Å². The van der Waals surface area contributed by atoms with Crippen molar-refractivity contribution in [1.29, 1.82) is 0 Å². The number of aliphatic hydroxyl groups is 2. The molecule has 0 aliphatic heterocycles. The average Bonchev–Trinajstić information content (AvgIpc) is 2.29. The van der Waals surface area contributed by atoms with Crippen molar-refractivity contribution in [3.05, 3.63) is 18.4 Å². The van der Waals surface area contributed by atoms with Crippen LogP contribution < -0.4 is 0 Å². The molecular formula is C9H13BF2O2. The highest BCUT2D eigenvalue weighted by molar-refractivity contribution is 6.12. The van der Waals surface area contributed by atoms with Crippen LogP contribution in [0.15, 0.2) is 18.4 Å². The van der Waals surface area contributed by atoms with Gasteiger partial charge < -0.3 is 10.2 Å². The zero-order chi connectivity index (χ0) is 11.0. The number of alkyl halides is 2. The highest BCUT2D eigenvalue weighted by Crippen LogP contribution is 2.53. The fourth-order valence-corrected chi connectivity index (χ4v) is 2.01. The highest BCUT2D eigenvalue weighted by Gasteiger charge is 2.61. The van der Waals surface area contributed by atoms with E-state index in [2.05, 4.69) is 12.3 Å². The van der Waals surface area contributed by atoms with Crippen molar-refractivity contribution >= 4 is 7.85 Å². The second kappa shape index (κ2) is 3.50. The highest BCUT2D eigenvalue weighted by atomic mass is 19.3. The van der Waals surface area contributed by atoms with E-state index in [9.17, 15) is 13.9 Å². The van der Waals surface area contributed by atoms with E-state index in [4.69, 9.17) is 5.11 Å². The zero-order valence-electron chi connectivity index (χ0n) is 8.00. The smallest absolute Gasteiger partial charge is 0.270 e. The second-order valence-corrected chi connectivity index (χ2v) is 3.92. The molecule has 0 amide bonds. The van der Waals surface area contributed by atoms with Gasteiger partial charge in [0.1, 0.15) is 14.0 Å². The minimum absolute atomic E-state index is 0.0419. The van der Waals surface area contributed by atoms with Crippen LogP contribution in [-0.2, 0) is 0 Å². The van der Waals surface area contributed by atoms with Gasteiger partial charge in [0.05, 0.1) is 12.0 Å². The Bertz CT molecular complexity index is 276. The average molecular weight is 202 g/mol. The van der Waals surface area contributed by atoms with Gasteiger partial charge in [-0.2, -0.15) is 0 Å². The lowest BCUT2D eigenvalue weighted by molar-refractivity contribution is -0.117. The number of hydrogen-bond donors (Lipinski definition) is 2. The molecule has 0 saturated heterocycles. The Morgan fingerprint density at radius 2 is 2.21 bits per heavy atom. The van der Waals surface area contributed by atoms with Crippen LogP contribution in [0.1, 0.15) is 6.42 Å². The fraction of sp³-hybridized carbons (Fsp3) is 0.667. The molecule has 0 heterocycles. The van der Waals surface area contributed by atoms with Crippen molar-refractivity contribution in [2.24, 2.45) is 5.41 Å². The summed E-state index contributed by atoms with van der Waals surface area (Å²) in [5, 5.41) is 18.5. The third-order valence-corrected chi connectivity index (χ3v) is 2.94. The summed E-state index contributed by atoms with van der Waals surface area (Å²) in [5.74, 6) is -4.11. The van der Waals surface area contributed by atoms with Gasteiger partial charge in [-0.1, -0.05) is 6.58 Å². The molecule has 2 N–H and O–H groups in total. The quantitative estimate of drug-likeness (QED) is 0.493. The second-order valence-electron chi connectivity index (χ2n) is 3.92. The molecule has 1 fully saturated rings. The maximum atomic E-state index is 13.3. The maximum Gasteiger partial charge on any atom is 0.270 e. The SMILES string of the molecule is B[C@@H]1C[C@](C=C=C)(CO)[C@H](O)C1(F)F. The molecule has 0 aromatic carbocycles. The molecule has 1 saturated carbocycles. The van der Waals surface area contributed by atoms with E-state index in [0.717, 1.165) is 0 Å². The summed E-state index contributed by atoms with van der Waals surface area (Å²) in [6.45, 7) is 2.76. The summed E-state index contributed by atoms with van der Waals surface area (Å²) in [5.41, 5.74) is 1.07. The summed E-state index contributed by atoms with van der Waals surface area (Å²) in [6.07, 6.45) is -0.570. The summed E-state index contributed by atoms with van der Waals surface area (Å²) in [7, 11) is 1.36. The molecule has 1 aliphatic rings. The summed E-state index contributed by atoms with van der Waals surface area (Å²) < 4.78 is 26.6. The minimum Gasteiger partial charge on any atom is -0.395 e. The van der Waals surface area contributed by atoms with E-state index >= 15 is 0 Å². The standard InChI is InChI=1S/C9H13BF2O2/c1-2-3-8(5-13)4-6(10)9(11,12)7(8)14/h3,6-7,13-14H,1,4-5,10H2/t6-,7+,8-/m1/s1. The Balaban J connectivity index is 3.09. The largest absolute Gasteiger partial charge is 0.395 e. The Morgan fingerprint density at radius 3 is 2.50 bits per heavy atom. The molecule has 0 aromatic heterocycles. The number of halogens is 2. The third kappa shape index (κ3) is 1.42. The van der Waals surface area contributed by atoms with Crippen molar-refractivity contribution in [2.45, 2.75) is 24.3 Å². The van der Waals surface area contributed by atoms with Crippen molar-refractivity contribution in [3.8, 4) is 0 Å². The van der Waals surface area contributed by atoms with Crippen LogP contribution in [0, 0.1) is 5.41 Å². The molecule has 3 atom stereocenters. The van der Waals surface area contributed by atoms with Crippen molar-refractivity contribution < 1.29 is 19.0 Å². The van der Waals surface area contributed by atoms with Crippen molar-refractivity contribution in [2.75, 3.05) is 6.61 Å². The summed E-state index contributed by atoms with van der Waals surface area (Å²) >= 11 is 0. The predicted octanol–water partition coefficient (Wildman–Crippen LogP) is 0.128. The number of rotatable bonds is 2. The first kappa shape index (κ1) is 11.4. The van der Waals surface area contributed by atoms with Gasteiger partial charge in [-0.15, -0.1) is 5.73 Å². The Labute approximate surface area is 82.3 Å². The van der Waals surface area contributed by atoms with Crippen molar-refractivity contribution in [3.63, 3.8) is 0 Å². The molecular weight excluding hydrogens is 189 g/mol. The molecule has 0 bridgehead atoms. The number of aliphatic hydroxyl groups excluding tert-OH is 2. The van der Waals surface area contributed by atoms with E-state index in [1.165, 1.54) is 13.9 Å². The first-order chi connectivity index (χ1) is 6.40. The number of hydrogen-bond acceptors (Lipinski definition) is 2. The monoisotopic (exact) mass is 202 g/mol. The van der Waals surface area contributed by atoms with Gasteiger partial charge in [-0.3, -0.25) is 0 Å². The van der Waals surface area contributed by atoms with Crippen LogP contribution in [0.3, 0.4) is 0 Å². The summed E-state index contributed by atoms with van der Waals surface area (Å²) in [6, 6.07) is 0. The fourth-order valence-electron chi connectivity index (χ4n) is 2.01. The van der Waals surface area contributed by atoms with Gasteiger partial charge in [-0.25, -0.2) is 8.78 Å². The molecule has 0 aromatic rings. The molecule has 2 nitrogen and oxygen atoms in total. The zero-order valence-corrected chi connectivity index (χ0v) is 8.00. The lowest BCUT2D eigenvalue weighted by Crippen LogP contribution is -2.41. The van der Waals surface area contributed by atoms with Crippen LogP contribution >= 0.6 is 0 Å². The summed E-state index contributed by atoms with van der Waals surface area (Å²) in [4.78, 5) is 0. The molecule has 1 aliphatic carbocycles. The molecule has 0 unspecified atom stereocenters. The van der Waals surface area contributed by atoms with Crippen LogP contribution in [0.25, 0.3) is 0 Å². The van der Waals surface area contributed by atoms with Crippen LogP contribution in [0.4, 0.5) is 8.78 Å². The lowest BCUT2D eigenvalue weighted by atomic mass is 9.79. The lowest BCUT2D eigenvalue weighted by Gasteiger charge is -2.27. The third-order valence-electron chi connectivity index (χ3n) is 2.94. The van der Waals surface area contributed by atoms with Crippen LogP contribution in [0.2, 0.25) is 5.82 Å². The normalized spacial score (nSPS) is 40.6. The van der Waals surface area contributed by atoms with E-state index in [1.54, 1.807) is 0 Å². The van der Waals surface area contributed by atoms with Gasteiger partial charge in [0.25, 0.3) is 5.92 Å². The molecule has 5 heteroatoms. The molecule has 1 rings (SSSR count). The first-order valence-corrected chi connectivity index (χ1v) is 4.44. The Kier molecular flexibility index (Phi) is 2.86. The van der Waals surface area contributed by atoms with Gasteiger partial charge in [-0.05, 0) is 18.3 Å². The first-order valence-electron chi connectivity index (χ1n) is 4.44. The minimum atomic E-state index is -3.16. The molecule has 0 radical (unpaired) electrons. The molecule has 78 valence electrons. The Morgan fingerprint density at radius 1 is 1.64 bits per heavy atom. The molecule has 0 spiro atoms. The van der Waals surface area contributed by atoms with Gasteiger partial charge in [0, 0.05) is 0 Å². The van der Waals surface area contributed by atoms with Gasteiger partial charge in [0.2, 0.25) is 0 Å². The topological polar surface area (TPSA) is 40.5 Å². The van der Waals surface area contributed by atoms with Gasteiger partial charge >= 0.3 is 0 Å². The molecule has 14 heavy (non-hydrogen) atoms. The van der Waals surface area contributed by atoms with E-state index in [0.29, 0.717) is 0 Å².